The zero-order valence-electron chi connectivity index (χ0n) is 13.4. The molecule has 0 heterocycles. The lowest BCUT2D eigenvalue weighted by molar-refractivity contribution is 0.461. The first kappa shape index (κ1) is 15.1. The Morgan fingerprint density at radius 2 is 1.29 bits per heavy atom. The molecule has 0 aliphatic heterocycles. The molecule has 0 saturated heterocycles. The highest BCUT2D eigenvalue weighted by Crippen LogP contribution is 2.41. The molecule has 2 aliphatic rings. The first-order valence-corrected chi connectivity index (χ1v) is 11.4. The van der Waals surface area contributed by atoms with E-state index in [-0.39, 0.29) is 0 Å². The van der Waals surface area contributed by atoms with Gasteiger partial charge in [-0.15, -0.1) is 0 Å². The van der Waals surface area contributed by atoms with Crippen molar-refractivity contribution in [2.24, 2.45) is 0 Å². The largest absolute Gasteiger partial charge is 0.388 e. The maximum atomic E-state index is 3.80. The van der Waals surface area contributed by atoms with Gasteiger partial charge in [0.25, 0.3) is 0 Å². The second-order valence-electron chi connectivity index (χ2n) is 7.21. The first-order chi connectivity index (χ1) is 10.4. The van der Waals surface area contributed by atoms with E-state index in [1.54, 1.807) is 25.7 Å². The van der Waals surface area contributed by atoms with Crippen LogP contribution in [0.5, 0.6) is 0 Å². The second kappa shape index (κ2) is 8.02. The van der Waals surface area contributed by atoms with Gasteiger partial charge in [0, 0.05) is 11.9 Å². The summed E-state index contributed by atoms with van der Waals surface area (Å²) in [7, 11) is -0.677. The van der Waals surface area contributed by atoms with Gasteiger partial charge in [-0.2, -0.15) is 0 Å². The summed E-state index contributed by atoms with van der Waals surface area (Å²) in [6, 6.07) is 10.9. The van der Waals surface area contributed by atoms with Crippen LogP contribution in [0.2, 0.25) is 11.1 Å². The number of rotatable bonds is 5. The highest BCUT2D eigenvalue weighted by atomic mass is 28.3. The van der Waals surface area contributed by atoms with Crippen molar-refractivity contribution in [3.05, 3.63) is 30.3 Å². The molecule has 116 valence electrons. The molecular weight excluding hydrogens is 270 g/mol. The molecule has 0 radical (unpaired) electrons. The molecule has 1 aromatic carbocycles. The van der Waals surface area contributed by atoms with E-state index in [0.717, 1.165) is 11.1 Å². The average Bonchev–Trinajstić information content (AvgIpc) is 2.58. The quantitative estimate of drug-likeness (QED) is 0.705. The molecule has 0 spiro atoms. The maximum Gasteiger partial charge on any atom is 0.0655 e. The van der Waals surface area contributed by atoms with Crippen LogP contribution in [0.4, 0.5) is 5.69 Å². The van der Waals surface area contributed by atoms with Crippen LogP contribution in [-0.2, 0) is 0 Å². The molecule has 1 nitrogen and oxygen atoms in total. The van der Waals surface area contributed by atoms with Gasteiger partial charge in [-0.3, -0.25) is 0 Å². The van der Waals surface area contributed by atoms with Crippen LogP contribution >= 0.6 is 0 Å². The van der Waals surface area contributed by atoms with Gasteiger partial charge in [-0.25, -0.2) is 0 Å². The molecule has 0 aromatic heterocycles. The smallest absolute Gasteiger partial charge is 0.0655 e. The van der Waals surface area contributed by atoms with Crippen LogP contribution in [0, 0.1) is 0 Å². The maximum absolute atomic E-state index is 3.80. The van der Waals surface area contributed by atoms with Gasteiger partial charge in [0.2, 0.25) is 0 Å². The van der Waals surface area contributed by atoms with Crippen molar-refractivity contribution in [3.63, 3.8) is 0 Å². The summed E-state index contributed by atoms with van der Waals surface area (Å²) in [5, 5.41) is 3.80. The lowest BCUT2D eigenvalue weighted by Gasteiger charge is -2.37. The molecule has 1 N–H and O–H groups in total. The van der Waals surface area contributed by atoms with E-state index >= 15 is 0 Å². The molecule has 21 heavy (non-hydrogen) atoms. The van der Waals surface area contributed by atoms with Crippen LogP contribution in [0.25, 0.3) is 0 Å². The molecule has 3 rings (SSSR count). The standard InChI is InChI=1S/C19H31NSi/c1-4-10-17(11-5-1)20-16-21(18-12-6-2-7-13-18)19-14-8-3-9-15-19/h1,4-5,10-11,18-21H,2-3,6-9,12-16H2. The third-order valence-electron chi connectivity index (χ3n) is 5.83. The lowest BCUT2D eigenvalue weighted by Crippen LogP contribution is -2.37. The first-order valence-electron chi connectivity index (χ1n) is 9.22. The fourth-order valence-corrected chi connectivity index (χ4v) is 9.20. The molecule has 2 aliphatic carbocycles. The van der Waals surface area contributed by atoms with Gasteiger partial charge in [0.1, 0.15) is 0 Å². The van der Waals surface area contributed by atoms with Crippen LogP contribution in [0.1, 0.15) is 64.2 Å². The van der Waals surface area contributed by atoms with Crippen LogP contribution < -0.4 is 5.32 Å². The Balaban J connectivity index is 1.62. The van der Waals surface area contributed by atoms with Crippen molar-refractivity contribution in [2.75, 3.05) is 11.5 Å². The SMILES string of the molecule is c1ccc(NC[SiH](C2CCCCC2)C2CCCCC2)cc1. The molecule has 0 atom stereocenters. The monoisotopic (exact) mass is 301 g/mol. The normalized spacial score (nSPS) is 21.6. The van der Waals surface area contributed by atoms with Gasteiger partial charge in [-0.1, -0.05) is 82.4 Å². The van der Waals surface area contributed by atoms with Gasteiger partial charge >= 0.3 is 0 Å². The molecule has 2 heteroatoms. The fraction of sp³-hybridized carbons (Fsp3) is 0.684. The van der Waals surface area contributed by atoms with Crippen LogP contribution in [0.3, 0.4) is 0 Å². The minimum Gasteiger partial charge on any atom is -0.388 e. The van der Waals surface area contributed by atoms with E-state index in [1.165, 1.54) is 50.4 Å². The topological polar surface area (TPSA) is 12.0 Å². The Morgan fingerprint density at radius 1 is 0.762 bits per heavy atom. The number of hydrogen-bond donors (Lipinski definition) is 1. The Labute approximate surface area is 132 Å². The Morgan fingerprint density at radius 3 is 1.81 bits per heavy atom. The minimum atomic E-state index is -0.677. The minimum absolute atomic E-state index is 0.677. The van der Waals surface area contributed by atoms with E-state index in [1.807, 2.05) is 0 Å². The third kappa shape index (κ3) is 4.35. The van der Waals surface area contributed by atoms with E-state index in [4.69, 9.17) is 0 Å². The molecule has 0 bridgehead atoms. The van der Waals surface area contributed by atoms with Crippen molar-refractivity contribution in [2.45, 2.75) is 75.3 Å². The predicted molar refractivity (Wildman–Crippen MR) is 95.8 cm³/mol. The number of hydrogen-bond acceptors (Lipinski definition) is 1. The number of nitrogens with one attached hydrogen (secondary N) is 1. The number of anilines is 1. The van der Waals surface area contributed by atoms with E-state index in [9.17, 15) is 0 Å². The molecule has 2 saturated carbocycles. The summed E-state index contributed by atoms with van der Waals surface area (Å²) in [4.78, 5) is 0. The van der Waals surface area contributed by atoms with Crippen molar-refractivity contribution in [1.82, 2.24) is 0 Å². The zero-order valence-corrected chi connectivity index (χ0v) is 14.6. The summed E-state index contributed by atoms with van der Waals surface area (Å²) in [5.41, 5.74) is 3.58. The zero-order chi connectivity index (χ0) is 14.3. The Bertz CT molecular complexity index is 375. The fourth-order valence-electron chi connectivity index (χ4n) is 4.63. The summed E-state index contributed by atoms with van der Waals surface area (Å²) < 4.78 is 0. The van der Waals surface area contributed by atoms with Gasteiger partial charge in [-0.05, 0) is 23.2 Å². The van der Waals surface area contributed by atoms with E-state index in [0.29, 0.717) is 0 Å². The Hall–Kier alpha value is -0.763. The Kier molecular flexibility index (Phi) is 5.79. The van der Waals surface area contributed by atoms with Gasteiger partial charge in [0.15, 0.2) is 0 Å². The highest BCUT2D eigenvalue weighted by Gasteiger charge is 2.32. The molecule has 0 amide bonds. The summed E-state index contributed by atoms with van der Waals surface area (Å²) in [6.07, 6.45) is 16.5. The van der Waals surface area contributed by atoms with Crippen molar-refractivity contribution in [3.8, 4) is 0 Å². The summed E-state index contributed by atoms with van der Waals surface area (Å²) in [6.45, 7) is 0. The predicted octanol–water partition coefficient (Wildman–Crippen LogP) is 5.53. The second-order valence-corrected chi connectivity index (χ2v) is 10.8. The van der Waals surface area contributed by atoms with Gasteiger partial charge in [0.05, 0.1) is 8.80 Å². The molecule has 2 fully saturated rings. The van der Waals surface area contributed by atoms with Crippen molar-refractivity contribution in [1.29, 1.82) is 0 Å². The number of para-hydroxylation sites is 1. The molecular formula is C19H31NSi. The van der Waals surface area contributed by atoms with Crippen LogP contribution in [0.15, 0.2) is 30.3 Å². The average molecular weight is 302 g/mol. The van der Waals surface area contributed by atoms with E-state index in [2.05, 4.69) is 35.6 Å². The van der Waals surface area contributed by atoms with E-state index < -0.39 is 8.80 Å². The van der Waals surface area contributed by atoms with Crippen molar-refractivity contribution >= 4 is 14.5 Å². The third-order valence-corrected chi connectivity index (χ3v) is 10.3. The number of benzene rings is 1. The lowest BCUT2D eigenvalue weighted by atomic mass is 9.99. The van der Waals surface area contributed by atoms with Crippen molar-refractivity contribution < 1.29 is 0 Å². The highest BCUT2D eigenvalue weighted by molar-refractivity contribution is 6.62. The van der Waals surface area contributed by atoms with Gasteiger partial charge < -0.3 is 5.32 Å². The van der Waals surface area contributed by atoms with Crippen LogP contribution in [-0.4, -0.2) is 15.0 Å². The molecule has 0 unspecified atom stereocenters. The molecule has 1 aromatic rings. The summed E-state index contributed by atoms with van der Waals surface area (Å²) in [5.74, 6) is 0. The summed E-state index contributed by atoms with van der Waals surface area (Å²) >= 11 is 0.